The second-order valence-electron chi connectivity index (χ2n) is 2.45. The van der Waals surface area contributed by atoms with Crippen molar-refractivity contribution in [1.82, 2.24) is 0 Å². The maximum absolute atomic E-state index is 9.44. The van der Waals surface area contributed by atoms with Gasteiger partial charge < -0.3 is 9.53 Å². The molecule has 0 saturated carbocycles. The lowest BCUT2D eigenvalue weighted by molar-refractivity contribution is -0.114. The van der Waals surface area contributed by atoms with Crippen molar-refractivity contribution in [1.29, 1.82) is 5.26 Å². The highest BCUT2D eigenvalue weighted by atomic mass is 16.5. The van der Waals surface area contributed by atoms with Gasteiger partial charge in [-0.1, -0.05) is 0 Å². The molecule has 3 nitrogen and oxygen atoms in total. The number of hydrogen-bond acceptors (Lipinski definition) is 3. The smallest absolute Gasteiger partial charge is 0.126 e. The standard InChI is InChI=1S/C4H8O.C3H6O.C2H3N/c1-2-4-5-3-1;1-3(2)4;1-2-3/h1-4H2;1-2H3;1H3. The van der Waals surface area contributed by atoms with E-state index in [1.54, 1.807) is 6.07 Å². The van der Waals surface area contributed by atoms with Crippen molar-refractivity contribution in [2.75, 3.05) is 13.2 Å². The predicted octanol–water partition coefficient (Wildman–Crippen LogP) is 1.92. The van der Waals surface area contributed by atoms with Crippen LogP contribution in [-0.2, 0) is 9.53 Å². The molecule has 1 fully saturated rings. The molecule has 0 aromatic rings. The Bertz CT molecular complexity index is 122. The summed E-state index contributed by atoms with van der Waals surface area (Å²) in [5.74, 6) is 0.167. The van der Waals surface area contributed by atoms with Crippen molar-refractivity contribution in [3.05, 3.63) is 0 Å². The van der Waals surface area contributed by atoms with Crippen LogP contribution in [0.15, 0.2) is 0 Å². The fraction of sp³-hybridized carbons (Fsp3) is 0.778. The normalized spacial score (nSPS) is 12.8. The van der Waals surface area contributed by atoms with Gasteiger partial charge in [0.15, 0.2) is 0 Å². The summed E-state index contributed by atoms with van der Waals surface area (Å²) in [7, 11) is 0. The molecule has 70 valence electrons. The molecular formula is C9H17NO2. The number of nitriles is 1. The minimum absolute atomic E-state index is 0.167. The molecule has 0 N–H and O–H groups in total. The molecule has 0 radical (unpaired) electrons. The van der Waals surface area contributed by atoms with E-state index in [4.69, 9.17) is 10.00 Å². The summed E-state index contributed by atoms with van der Waals surface area (Å²) in [6.07, 6.45) is 2.56. The SMILES string of the molecule is C1CCOC1.CC#N.CC(C)=O. The molecule has 12 heavy (non-hydrogen) atoms. The van der Waals surface area contributed by atoms with Gasteiger partial charge in [0.2, 0.25) is 0 Å². The number of rotatable bonds is 0. The van der Waals surface area contributed by atoms with E-state index in [1.165, 1.54) is 33.6 Å². The lowest BCUT2D eigenvalue weighted by atomic mass is 10.4. The Hall–Kier alpha value is -0.880. The Kier molecular flexibility index (Phi) is 14.6. The third kappa shape index (κ3) is 35.4. The summed E-state index contributed by atoms with van der Waals surface area (Å²) in [5.41, 5.74) is 0. The molecule has 1 aliphatic rings. The number of carbonyl (C=O) groups is 1. The van der Waals surface area contributed by atoms with Crippen LogP contribution in [0.2, 0.25) is 0 Å². The molecule has 0 amide bonds. The highest BCUT2D eigenvalue weighted by Gasteiger charge is 1.94. The number of nitrogens with zero attached hydrogens (tertiary/aromatic N) is 1. The van der Waals surface area contributed by atoms with Crippen LogP contribution in [0.4, 0.5) is 0 Å². The van der Waals surface area contributed by atoms with Gasteiger partial charge >= 0.3 is 0 Å². The molecule has 0 spiro atoms. The van der Waals surface area contributed by atoms with Gasteiger partial charge in [0.05, 0.1) is 6.07 Å². The second-order valence-corrected chi connectivity index (χ2v) is 2.45. The summed E-state index contributed by atoms with van der Waals surface area (Å²) in [4.78, 5) is 9.44. The van der Waals surface area contributed by atoms with E-state index in [0.717, 1.165) is 13.2 Å². The van der Waals surface area contributed by atoms with E-state index < -0.39 is 0 Å². The molecule has 0 aromatic heterocycles. The van der Waals surface area contributed by atoms with E-state index >= 15 is 0 Å². The van der Waals surface area contributed by atoms with Gasteiger partial charge in [-0.05, 0) is 26.7 Å². The number of hydrogen-bond donors (Lipinski definition) is 0. The molecule has 3 heteroatoms. The van der Waals surface area contributed by atoms with Crippen molar-refractivity contribution >= 4 is 5.78 Å². The first-order chi connectivity index (χ1) is 5.65. The number of ketones is 1. The van der Waals surface area contributed by atoms with Crippen molar-refractivity contribution in [2.24, 2.45) is 0 Å². The topological polar surface area (TPSA) is 50.1 Å². The van der Waals surface area contributed by atoms with Gasteiger partial charge in [-0.15, -0.1) is 0 Å². The maximum atomic E-state index is 9.44. The molecular weight excluding hydrogens is 154 g/mol. The van der Waals surface area contributed by atoms with Crippen molar-refractivity contribution in [2.45, 2.75) is 33.6 Å². The van der Waals surface area contributed by atoms with Crippen LogP contribution in [0.25, 0.3) is 0 Å². The van der Waals surface area contributed by atoms with Gasteiger partial charge in [-0.3, -0.25) is 0 Å². The summed E-state index contributed by atoms with van der Waals surface area (Å²) in [6, 6.07) is 1.75. The third-order valence-corrected chi connectivity index (χ3v) is 0.827. The van der Waals surface area contributed by atoms with Gasteiger partial charge in [0.1, 0.15) is 5.78 Å². The highest BCUT2D eigenvalue weighted by Crippen LogP contribution is 1.98. The highest BCUT2D eigenvalue weighted by molar-refractivity contribution is 5.72. The zero-order valence-electron chi connectivity index (χ0n) is 8.09. The molecule has 1 heterocycles. The Labute approximate surface area is 74.3 Å². The lowest BCUT2D eigenvalue weighted by Crippen LogP contribution is -1.74. The van der Waals surface area contributed by atoms with Crippen LogP contribution in [0.5, 0.6) is 0 Å². The molecule has 1 saturated heterocycles. The average Bonchev–Trinajstić information content (AvgIpc) is 2.40. The maximum Gasteiger partial charge on any atom is 0.126 e. The van der Waals surface area contributed by atoms with Crippen LogP contribution in [0, 0.1) is 11.3 Å². The Morgan fingerprint density at radius 2 is 1.58 bits per heavy atom. The molecule has 0 aliphatic carbocycles. The fourth-order valence-corrected chi connectivity index (χ4v) is 0.510. The quantitative estimate of drug-likeness (QED) is 0.559. The van der Waals surface area contributed by atoms with E-state index in [0.29, 0.717) is 0 Å². The Morgan fingerprint density at radius 1 is 1.33 bits per heavy atom. The number of carbonyl (C=O) groups excluding carboxylic acids is 1. The minimum atomic E-state index is 0.167. The van der Waals surface area contributed by atoms with E-state index in [-0.39, 0.29) is 5.78 Å². The zero-order valence-corrected chi connectivity index (χ0v) is 8.09. The van der Waals surface area contributed by atoms with Crippen LogP contribution >= 0.6 is 0 Å². The van der Waals surface area contributed by atoms with Crippen LogP contribution in [-0.4, -0.2) is 19.0 Å². The first-order valence-corrected chi connectivity index (χ1v) is 4.01. The van der Waals surface area contributed by atoms with E-state index in [1.807, 2.05) is 0 Å². The molecule has 0 unspecified atom stereocenters. The summed E-state index contributed by atoms with van der Waals surface area (Å²) in [6.45, 7) is 6.49. The largest absolute Gasteiger partial charge is 0.381 e. The minimum Gasteiger partial charge on any atom is -0.381 e. The molecule has 1 rings (SSSR count). The predicted molar refractivity (Wildman–Crippen MR) is 47.7 cm³/mol. The van der Waals surface area contributed by atoms with E-state index in [2.05, 4.69) is 0 Å². The van der Waals surface area contributed by atoms with Crippen LogP contribution < -0.4 is 0 Å². The van der Waals surface area contributed by atoms with Crippen molar-refractivity contribution in [3.63, 3.8) is 0 Å². The summed E-state index contributed by atoms with van der Waals surface area (Å²) >= 11 is 0. The Morgan fingerprint density at radius 3 is 1.67 bits per heavy atom. The van der Waals surface area contributed by atoms with Gasteiger partial charge in [-0.25, -0.2) is 0 Å². The first-order valence-electron chi connectivity index (χ1n) is 4.01. The average molecular weight is 171 g/mol. The number of Topliss-reactive ketones (excluding diaryl/α,β-unsaturated/α-hetero) is 1. The van der Waals surface area contributed by atoms with Crippen molar-refractivity contribution in [3.8, 4) is 6.07 Å². The zero-order chi connectivity index (χ0) is 9.82. The van der Waals surface area contributed by atoms with E-state index in [9.17, 15) is 4.79 Å². The van der Waals surface area contributed by atoms with Crippen LogP contribution in [0.1, 0.15) is 33.6 Å². The fourth-order valence-electron chi connectivity index (χ4n) is 0.510. The van der Waals surface area contributed by atoms with Gasteiger partial charge in [0.25, 0.3) is 0 Å². The van der Waals surface area contributed by atoms with Gasteiger partial charge in [0, 0.05) is 20.1 Å². The molecule has 0 atom stereocenters. The monoisotopic (exact) mass is 171 g/mol. The second kappa shape index (κ2) is 12.8. The lowest BCUT2D eigenvalue weighted by Gasteiger charge is -1.76. The molecule has 0 bridgehead atoms. The van der Waals surface area contributed by atoms with Crippen LogP contribution in [0.3, 0.4) is 0 Å². The molecule has 1 aliphatic heterocycles. The van der Waals surface area contributed by atoms with Gasteiger partial charge in [-0.2, -0.15) is 5.26 Å². The molecule has 0 aromatic carbocycles. The van der Waals surface area contributed by atoms with Crippen molar-refractivity contribution < 1.29 is 9.53 Å². The summed E-state index contributed by atoms with van der Waals surface area (Å²) in [5, 5.41) is 7.32. The third-order valence-electron chi connectivity index (χ3n) is 0.827. The Balaban J connectivity index is 0. The summed E-state index contributed by atoms with van der Waals surface area (Å²) < 4.78 is 4.94. The first kappa shape index (κ1) is 13.7. The number of ether oxygens (including phenoxy) is 1.